The van der Waals surface area contributed by atoms with Gasteiger partial charge in [0.05, 0.1) is 7.11 Å². The predicted molar refractivity (Wildman–Crippen MR) is 117 cm³/mol. The lowest BCUT2D eigenvalue weighted by molar-refractivity contribution is -0.136. The number of amides is 2. The summed E-state index contributed by atoms with van der Waals surface area (Å²) >= 11 is 1.45. The molecule has 0 unspecified atom stereocenters. The van der Waals surface area contributed by atoms with E-state index in [1.165, 1.54) is 11.3 Å². The first kappa shape index (κ1) is 21.4. The second kappa shape index (κ2) is 9.92. The van der Waals surface area contributed by atoms with Crippen molar-refractivity contribution in [2.45, 2.75) is 45.6 Å². The van der Waals surface area contributed by atoms with Gasteiger partial charge in [-0.2, -0.15) is 0 Å². The number of thiophene rings is 1. The number of nitrogens with one attached hydrogen (secondary N) is 1. The van der Waals surface area contributed by atoms with Crippen LogP contribution in [0, 0.1) is 5.92 Å². The van der Waals surface area contributed by atoms with Crippen LogP contribution < -0.4 is 10.1 Å². The van der Waals surface area contributed by atoms with Gasteiger partial charge in [0.2, 0.25) is 5.91 Å². The maximum absolute atomic E-state index is 12.9. The number of nitrogens with zero attached hydrogens (tertiary/aromatic N) is 1. The molecule has 1 saturated heterocycles. The van der Waals surface area contributed by atoms with E-state index in [0.29, 0.717) is 23.7 Å². The highest BCUT2D eigenvalue weighted by atomic mass is 32.1. The second-order valence-corrected chi connectivity index (χ2v) is 8.51. The molecule has 2 heterocycles. The summed E-state index contributed by atoms with van der Waals surface area (Å²) in [6.07, 6.45) is 3.34. The lowest BCUT2D eigenvalue weighted by Gasteiger charge is -2.34. The van der Waals surface area contributed by atoms with Crippen LogP contribution in [0.25, 0.3) is 10.4 Å². The third-order valence-electron chi connectivity index (χ3n) is 5.66. The summed E-state index contributed by atoms with van der Waals surface area (Å²) in [6, 6.07) is 12.0. The molecule has 2 amide bonds. The fourth-order valence-electron chi connectivity index (χ4n) is 3.82. The second-order valence-electron chi connectivity index (χ2n) is 7.46. The Bertz CT molecular complexity index is 822. The molecule has 1 aliphatic rings. The van der Waals surface area contributed by atoms with Crippen LogP contribution in [0.2, 0.25) is 0 Å². The molecule has 6 heteroatoms. The predicted octanol–water partition coefficient (Wildman–Crippen LogP) is 4.58. The summed E-state index contributed by atoms with van der Waals surface area (Å²) in [5.74, 6) is 0.881. The Hall–Kier alpha value is -2.34. The minimum atomic E-state index is -0.0983. The zero-order valence-corrected chi connectivity index (χ0v) is 18.3. The minimum Gasteiger partial charge on any atom is -0.495 e. The smallest absolute Gasteiger partial charge is 0.265 e. The van der Waals surface area contributed by atoms with Crippen LogP contribution in [0.1, 0.15) is 49.2 Å². The standard InChI is InChI=1S/C23H30N2O3S/c1-4-16(5-2)23(27)25-13-11-18(12-14-25)24-22(26)21-19(28-3)15-20(29-21)17-9-7-6-8-10-17/h6-10,15-16,18H,4-5,11-14H2,1-3H3,(H,24,26). The van der Waals surface area contributed by atoms with Crippen molar-refractivity contribution in [2.75, 3.05) is 20.2 Å². The topological polar surface area (TPSA) is 58.6 Å². The molecule has 29 heavy (non-hydrogen) atoms. The van der Waals surface area contributed by atoms with E-state index in [1.54, 1.807) is 7.11 Å². The molecule has 156 valence electrons. The van der Waals surface area contributed by atoms with Gasteiger partial charge >= 0.3 is 0 Å². The maximum Gasteiger partial charge on any atom is 0.265 e. The number of benzene rings is 1. The number of carbonyl (C=O) groups is 2. The number of methoxy groups -OCH3 is 1. The van der Waals surface area contributed by atoms with E-state index in [9.17, 15) is 9.59 Å². The van der Waals surface area contributed by atoms with Crippen LogP contribution in [0.5, 0.6) is 5.75 Å². The van der Waals surface area contributed by atoms with Gasteiger partial charge < -0.3 is 15.0 Å². The van der Waals surface area contributed by atoms with E-state index in [1.807, 2.05) is 41.3 Å². The molecule has 5 nitrogen and oxygen atoms in total. The zero-order chi connectivity index (χ0) is 20.8. The normalized spacial score (nSPS) is 14.8. The lowest BCUT2D eigenvalue weighted by Crippen LogP contribution is -2.47. The molecule has 3 rings (SSSR count). The molecule has 1 fully saturated rings. The van der Waals surface area contributed by atoms with Crippen molar-refractivity contribution < 1.29 is 14.3 Å². The third kappa shape index (κ3) is 4.99. The van der Waals surface area contributed by atoms with Gasteiger partial charge in [-0.1, -0.05) is 44.2 Å². The van der Waals surface area contributed by atoms with Gasteiger partial charge in [0.25, 0.3) is 5.91 Å². The number of rotatable bonds is 7. The summed E-state index contributed by atoms with van der Waals surface area (Å²) in [5.41, 5.74) is 1.07. The Morgan fingerprint density at radius 2 is 1.83 bits per heavy atom. The van der Waals surface area contributed by atoms with Gasteiger partial charge in [-0.3, -0.25) is 9.59 Å². The van der Waals surface area contributed by atoms with E-state index >= 15 is 0 Å². The Kier molecular flexibility index (Phi) is 7.31. The van der Waals surface area contributed by atoms with Crippen LogP contribution in [0.15, 0.2) is 36.4 Å². The number of piperidine rings is 1. The van der Waals surface area contributed by atoms with E-state index in [-0.39, 0.29) is 23.8 Å². The fourth-order valence-corrected chi connectivity index (χ4v) is 4.85. The van der Waals surface area contributed by atoms with Crippen LogP contribution in [0.4, 0.5) is 0 Å². The first-order valence-corrected chi connectivity index (χ1v) is 11.2. The van der Waals surface area contributed by atoms with E-state index in [4.69, 9.17) is 4.74 Å². The summed E-state index contributed by atoms with van der Waals surface area (Å²) in [7, 11) is 1.59. The van der Waals surface area contributed by atoms with Crippen molar-refractivity contribution in [2.24, 2.45) is 5.92 Å². The number of ether oxygens (including phenoxy) is 1. The van der Waals surface area contributed by atoms with Crippen molar-refractivity contribution in [3.8, 4) is 16.2 Å². The quantitative estimate of drug-likeness (QED) is 0.721. The third-order valence-corrected chi connectivity index (χ3v) is 6.82. The molecule has 0 aliphatic carbocycles. The van der Waals surface area contributed by atoms with Gasteiger partial charge in [-0.15, -0.1) is 11.3 Å². The Balaban J connectivity index is 1.62. The first-order valence-electron chi connectivity index (χ1n) is 10.4. The fraction of sp³-hybridized carbons (Fsp3) is 0.478. The van der Waals surface area contributed by atoms with Gasteiger partial charge in [0, 0.05) is 29.9 Å². The van der Waals surface area contributed by atoms with E-state index < -0.39 is 0 Å². The zero-order valence-electron chi connectivity index (χ0n) is 17.4. The minimum absolute atomic E-state index is 0.0836. The highest BCUT2D eigenvalue weighted by molar-refractivity contribution is 7.17. The Labute approximate surface area is 177 Å². The number of hydrogen-bond acceptors (Lipinski definition) is 4. The highest BCUT2D eigenvalue weighted by Gasteiger charge is 2.28. The monoisotopic (exact) mass is 414 g/mol. The molecule has 0 radical (unpaired) electrons. The lowest BCUT2D eigenvalue weighted by atomic mass is 9.98. The molecule has 0 spiro atoms. The molecule has 2 aromatic rings. The van der Waals surface area contributed by atoms with Crippen LogP contribution in [0.3, 0.4) is 0 Å². The van der Waals surface area contributed by atoms with Crippen molar-refractivity contribution in [1.82, 2.24) is 10.2 Å². The van der Waals surface area contributed by atoms with Crippen molar-refractivity contribution in [3.05, 3.63) is 41.3 Å². The number of carbonyl (C=O) groups excluding carboxylic acids is 2. The molecule has 1 aromatic carbocycles. The summed E-state index contributed by atoms with van der Waals surface area (Å²) in [5, 5.41) is 3.14. The van der Waals surface area contributed by atoms with Crippen molar-refractivity contribution in [3.63, 3.8) is 0 Å². The molecule has 1 N–H and O–H groups in total. The van der Waals surface area contributed by atoms with Crippen molar-refractivity contribution >= 4 is 23.2 Å². The van der Waals surface area contributed by atoms with Crippen LogP contribution in [-0.4, -0.2) is 43.0 Å². The van der Waals surface area contributed by atoms with Gasteiger partial charge in [0.15, 0.2) is 0 Å². The SMILES string of the molecule is CCC(CC)C(=O)N1CCC(NC(=O)c2sc(-c3ccccc3)cc2OC)CC1. The van der Waals surface area contributed by atoms with Crippen LogP contribution >= 0.6 is 11.3 Å². The van der Waals surface area contributed by atoms with Gasteiger partial charge in [-0.25, -0.2) is 0 Å². The number of likely N-dealkylation sites (tertiary alicyclic amines) is 1. The summed E-state index contributed by atoms with van der Waals surface area (Å²) in [4.78, 5) is 29.0. The summed E-state index contributed by atoms with van der Waals surface area (Å²) in [6.45, 7) is 5.54. The highest BCUT2D eigenvalue weighted by Crippen LogP contribution is 2.36. The van der Waals surface area contributed by atoms with E-state index in [2.05, 4.69) is 19.2 Å². The first-order chi connectivity index (χ1) is 14.1. The average Bonchev–Trinajstić information content (AvgIpc) is 3.20. The Morgan fingerprint density at radius 3 is 2.41 bits per heavy atom. The molecule has 1 aromatic heterocycles. The Morgan fingerprint density at radius 1 is 1.17 bits per heavy atom. The molecular weight excluding hydrogens is 384 g/mol. The van der Waals surface area contributed by atoms with Crippen molar-refractivity contribution in [1.29, 1.82) is 0 Å². The van der Waals surface area contributed by atoms with E-state index in [0.717, 1.165) is 36.1 Å². The van der Waals surface area contributed by atoms with Gasteiger partial charge in [0.1, 0.15) is 10.6 Å². The molecule has 0 saturated carbocycles. The van der Waals surface area contributed by atoms with Gasteiger partial charge in [-0.05, 0) is 37.3 Å². The largest absolute Gasteiger partial charge is 0.495 e. The van der Waals surface area contributed by atoms with Crippen LogP contribution in [-0.2, 0) is 4.79 Å². The molecule has 1 aliphatic heterocycles. The average molecular weight is 415 g/mol. The molecule has 0 atom stereocenters. The maximum atomic E-state index is 12.9. The molecule has 0 bridgehead atoms. The summed E-state index contributed by atoms with van der Waals surface area (Å²) < 4.78 is 5.45. The molecular formula is C23H30N2O3S. The number of hydrogen-bond donors (Lipinski definition) is 1.